The zero-order chi connectivity index (χ0) is 23.3. The lowest BCUT2D eigenvalue weighted by Crippen LogP contribution is -2.41. The molecule has 1 fully saturated rings. The second-order valence-corrected chi connectivity index (χ2v) is 9.29. The van der Waals surface area contributed by atoms with Crippen molar-refractivity contribution in [3.8, 4) is 17.3 Å². The van der Waals surface area contributed by atoms with E-state index in [1.807, 2.05) is 46.3 Å². The maximum absolute atomic E-state index is 13.2. The molecule has 7 nitrogen and oxygen atoms in total. The molecule has 3 heterocycles. The number of carbonyl (C=O) groups is 1. The Hall–Kier alpha value is -3.23. The van der Waals surface area contributed by atoms with E-state index in [0.717, 1.165) is 41.4 Å². The third-order valence-electron chi connectivity index (χ3n) is 6.44. The Bertz CT molecular complexity index is 1230. The number of methoxy groups -OCH3 is 1. The number of likely N-dealkylation sites (tertiary alicyclic amines) is 1. The number of thiazole rings is 1. The highest BCUT2D eigenvalue weighted by Crippen LogP contribution is 2.27. The molecule has 0 saturated carbocycles. The van der Waals surface area contributed by atoms with E-state index < -0.39 is 0 Å². The summed E-state index contributed by atoms with van der Waals surface area (Å²) in [5.41, 5.74) is 5.57. The molecule has 0 spiro atoms. The number of fused-ring (bicyclic) bond motifs is 1. The topological polar surface area (TPSA) is 72.3 Å². The molecule has 0 unspecified atom stereocenters. The van der Waals surface area contributed by atoms with E-state index in [4.69, 9.17) is 9.72 Å². The number of hydrogen-bond acceptors (Lipinski definition) is 6. The summed E-state index contributed by atoms with van der Waals surface area (Å²) in [5.74, 6) is 1.53. The van der Waals surface area contributed by atoms with E-state index in [1.54, 1.807) is 12.6 Å². The van der Waals surface area contributed by atoms with Crippen LogP contribution in [0.1, 0.15) is 30.9 Å². The van der Waals surface area contributed by atoms with Gasteiger partial charge in [-0.2, -0.15) is 0 Å². The molecule has 1 saturated heterocycles. The third kappa shape index (κ3) is 4.83. The molecular formula is C26H29N5O2S. The minimum absolute atomic E-state index is 0.0323. The second kappa shape index (κ2) is 10.4. The van der Waals surface area contributed by atoms with Crippen molar-refractivity contribution in [3.63, 3.8) is 0 Å². The van der Waals surface area contributed by atoms with Gasteiger partial charge in [0.15, 0.2) is 5.82 Å². The highest BCUT2D eigenvalue weighted by molar-refractivity contribution is 7.07. The molecular weight excluding hydrogens is 446 g/mol. The number of nitrogens with one attached hydrogen (secondary N) is 1. The van der Waals surface area contributed by atoms with Crippen LogP contribution in [-0.2, 0) is 11.3 Å². The summed E-state index contributed by atoms with van der Waals surface area (Å²) < 4.78 is 7.29. The van der Waals surface area contributed by atoms with E-state index in [0.29, 0.717) is 6.54 Å². The van der Waals surface area contributed by atoms with Gasteiger partial charge < -0.3 is 14.6 Å². The molecule has 0 radical (unpaired) electrons. The van der Waals surface area contributed by atoms with Crippen LogP contribution >= 0.6 is 11.3 Å². The van der Waals surface area contributed by atoms with Crippen LogP contribution in [0.3, 0.4) is 0 Å². The summed E-state index contributed by atoms with van der Waals surface area (Å²) >= 11 is 1.52. The molecule has 1 atom stereocenters. The van der Waals surface area contributed by atoms with Crippen molar-refractivity contribution in [2.45, 2.75) is 31.8 Å². The molecule has 8 heteroatoms. The number of nitrogens with zero attached hydrogens (tertiary/aromatic N) is 4. The van der Waals surface area contributed by atoms with Crippen LogP contribution < -0.4 is 10.1 Å². The number of aromatic nitrogens is 3. The van der Waals surface area contributed by atoms with Crippen LogP contribution in [0.2, 0.25) is 0 Å². The number of benzene rings is 2. The molecule has 2 aromatic carbocycles. The van der Waals surface area contributed by atoms with Gasteiger partial charge in [-0.1, -0.05) is 30.7 Å². The van der Waals surface area contributed by atoms with Gasteiger partial charge in [0.2, 0.25) is 5.91 Å². The van der Waals surface area contributed by atoms with Crippen LogP contribution in [-0.4, -0.2) is 52.1 Å². The van der Waals surface area contributed by atoms with E-state index in [9.17, 15) is 4.79 Å². The summed E-state index contributed by atoms with van der Waals surface area (Å²) in [7, 11) is 1.68. The first-order valence-corrected chi connectivity index (χ1v) is 12.7. The van der Waals surface area contributed by atoms with E-state index in [1.165, 1.54) is 36.2 Å². The van der Waals surface area contributed by atoms with Gasteiger partial charge in [-0.25, -0.2) is 9.97 Å². The average Bonchev–Trinajstić information content (AvgIpc) is 3.54. The van der Waals surface area contributed by atoms with Gasteiger partial charge >= 0.3 is 0 Å². The quantitative estimate of drug-likeness (QED) is 0.406. The van der Waals surface area contributed by atoms with Crippen molar-refractivity contribution in [2.24, 2.45) is 0 Å². The molecule has 0 aliphatic carbocycles. The molecule has 2 aromatic heterocycles. The lowest BCUT2D eigenvalue weighted by atomic mass is 10.0. The maximum Gasteiger partial charge on any atom is 0.240 e. The molecule has 0 bridgehead atoms. The van der Waals surface area contributed by atoms with E-state index in [2.05, 4.69) is 27.3 Å². The predicted octanol–water partition coefficient (Wildman–Crippen LogP) is 4.51. The van der Waals surface area contributed by atoms with Crippen LogP contribution in [0, 0.1) is 0 Å². The van der Waals surface area contributed by atoms with Gasteiger partial charge in [0.1, 0.15) is 18.0 Å². The minimum Gasteiger partial charge on any atom is -0.497 e. The number of rotatable bonds is 8. The minimum atomic E-state index is -0.0323. The predicted molar refractivity (Wildman–Crippen MR) is 135 cm³/mol. The molecule has 176 valence electrons. The van der Waals surface area contributed by atoms with E-state index >= 15 is 0 Å². The largest absolute Gasteiger partial charge is 0.497 e. The molecule has 5 rings (SSSR count). The van der Waals surface area contributed by atoms with Crippen LogP contribution in [0.25, 0.3) is 22.6 Å². The smallest absolute Gasteiger partial charge is 0.240 e. The first-order valence-electron chi connectivity index (χ1n) is 11.7. The monoisotopic (exact) mass is 475 g/mol. The number of imidazole rings is 1. The molecule has 1 N–H and O–H groups in total. The highest BCUT2D eigenvalue weighted by atomic mass is 32.1. The van der Waals surface area contributed by atoms with Crippen molar-refractivity contribution in [2.75, 3.05) is 26.7 Å². The van der Waals surface area contributed by atoms with Gasteiger partial charge in [0, 0.05) is 11.9 Å². The lowest BCUT2D eigenvalue weighted by molar-refractivity contribution is -0.121. The number of para-hydroxylation sites is 2. The van der Waals surface area contributed by atoms with Gasteiger partial charge in [-0.3, -0.25) is 9.69 Å². The Morgan fingerprint density at radius 1 is 1.12 bits per heavy atom. The molecule has 4 aromatic rings. The van der Waals surface area contributed by atoms with Crippen LogP contribution in [0.15, 0.2) is 59.4 Å². The van der Waals surface area contributed by atoms with Crippen molar-refractivity contribution < 1.29 is 9.53 Å². The fourth-order valence-corrected chi connectivity index (χ4v) is 5.21. The number of ether oxygens (including phenoxy) is 1. The summed E-state index contributed by atoms with van der Waals surface area (Å²) in [5, 5.41) is 5.17. The number of hydrogen-bond donors (Lipinski definition) is 1. The highest BCUT2D eigenvalue weighted by Gasteiger charge is 2.24. The standard InChI is InChI=1S/C26H29N5O2S/c1-33-20-11-9-19(10-12-20)24(30-13-5-2-6-14-30)15-27-25(32)16-31-23-8-4-3-7-21(23)29-26(31)22-17-34-18-28-22/h3-4,7-12,17-18,24H,2,5-6,13-16H2,1H3,(H,27,32)/t24-/m0/s1. The molecule has 1 amide bonds. The van der Waals surface area contributed by atoms with Crippen molar-refractivity contribution in [1.82, 2.24) is 24.8 Å². The maximum atomic E-state index is 13.2. The Morgan fingerprint density at radius 2 is 1.91 bits per heavy atom. The fourth-order valence-electron chi connectivity index (χ4n) is 4.68. The second-order valence-electron chi connectivity index (χ2n) is 8.57. The van der Waals surface area contributed by atoms with Crippen molar-refractivity contribution in [1.29, 1.82) is 0 Å². The molecule has 34 heavy (non-hydrogen) atoms. The fraction of sp³-hybridized carbons (Fsp3) is 0.346. The van der Waals surface area contributed by atoms with Crippen molar-refractivity contribution >= 4 is 28.3 Å². The Morgan fingerprint density at radius 3 is 2.65 bits per heavy atom. The van der Waals surface area contributed by atoms with Gasteiger partial charge in [0.05, 0.1) is 29.7 Å². The summed E-state index contributed by atoms with van der Waals surface area (Å²) in [6, 6.07) is 16.2. The first kappa shape index (κ1) is 22.6. The van der Waals surface area contributed by atoms with Gasteiger partial charge in [-0.05, 0) is 55.8 Å². The number of carbonyl (C=O) groups excluding carboxylic acids is 1. The normalized spacial score (nSPS) is 15.3. The molecule has 1 aliphatic rings. The zero-order valence-electron chi connectivity index (χ0n) is 19.3. The molecule has 1 aliphatic heterocycles. The zero-order valence-corrected chi connectivity index (χ0v) is 20.1. The van der Waals surface area contributed by atoms with Gasteiger partial charge in [-0.15, -0.1) is 11.3 Å². The first-order chi connectivity index (χ1) is 16.7. The lowest BCUT2D eigenvalue weighted by Gasteiger charge is -2.35. The summed E-state index contributed by atoms with van der Waals surface area (Å²) in [6.07, 6.45) is 3.66. The van der Waals surface area contributed by atoms with Crippen LogP contribution in [0.4, 0.5) is 0 Å². The Kier molecular flexibility index (Phi) is 6.87. The van der Waals surface area contributed by atoms with Crippen molar-refractivity contribution in [3.05, 3.63) is 65.0 Å². The van der Waals surface area contributed by atoms with E-state index in [-0.39, 0.29) is 18.5 Å². The van der Waals surface area contributed by atoms with Gasteiger partial charge in [0.25, 0.3) is 0 Å². The van der Waals surface area contributed by atoms with Crippen LogP contribution in [0.5, 0.6) is 5.75 Å². The number of piperidine rings is 1. The SMILES string of the molecule is COc1ccc([C@H](CNC(=O)Cn2c(-c3cscn3)nc3ccccc32)N2CCCCC2)cc1. The Balaban J connectivity index is 1.35. The summed E-state index contributed by atoms with van der Waals surface area (Å²) in [4.78, 5) is 24.8. The average molecular weight is 476 g/mol. The third-order valence-corrected chi connectivity index (χ3v) is 7.03. The number of amides is 1. The summed E-state index contributed by atoms with van der Waals surface area (Å²) in [6.45, 7) is 2.85. The Labute approximate surface area is 203 Å².